The van der Waals surface area contributed by atoms with Crippen LogP contribution in [0.5, 0.6) is 5.75 Å². The zero-order chi connectivity index (χ0) is 19.8. The predicted molar refractivity (Wildman–Crippen MR) is 112 cm³/mol. The van der Waals surface area contributed by atoms with Crippen LogP contribution in [0.1, 0.15) is 29.4 Å². The maximum absolute atomic E-state index is 12.8. The number of anilines is 1. The number of methoxy groups -OCH3 is 1. The summed E-state index contributed by atoms with van der Waals surface area (Å²) in [6.45, 7) is 1.91. The minimum absolute atomic E-state index is 0.277. The van der Waals surface area contributed by atoms with E-state index in [0.717, 1.165) is 42.3 Å². The molecule has 5 rings (SSSR count). The highest BCUT2D eigenvalue weighted by Gasteiger charge is 2.19. The summed E-state index contributed by atoms with van der Waals surface area (Å²) in [7, 11) is 1.59. The highest BCUT2D eigenvalue weighted by Crippen LogP contribution is 2.36. The minimum atomic E-state index is -0.277. The molecule has 0 saturated carbocycles. The van der Waals surface area contributed by atoms with Crippen LogP contribution < -0.4 is 15.4 Å². The smallest absolute Gasteiger partial charge is 0.276 e. The summed E-state index contributed by atoms with van der Waals surface area (Å²) < 4.78 is 13.3. The number of fused-ring (bicyclic) bond motifs is 3. The van der Waals surface area contributed by atoms with E-state index in [4.69, 9.17) is 9.15 Å². The molecule has 0 bridgehead atoms. The number of benzene rings is 2. The van der Waals surface area contributed by atoms with E-state index in [1.165, 1.54) is 0 Å². The van der Waals surface area contributed by atoms with Gasteiger partial charge in [0, 0.05) is 29.6 Å². The van der Waals surface area contributed by atoms with Gasteiger partial charge in [0.05, 0.1) is 18.8 Å². The quantitative estimate of drug-likeness (QED) is 0.551. The summed E-state index contributed by atoms with van der Waals surface area (Å²) in [5, 5.41) is 12.7. The molecule has 0 spiro atoms. The molecule has 2 aromatic heterocycles. The van der Waals surface area contributed by atoms with Crippen molar-refractivity contribution >= 4 is 33.5 Å². The zero-order valence-corrected chi connectivity index (χ0v) is 16.1. The van der Waals surface area contributed by atoms with Crippen LogP contribution in [0.15, 0.2) is 53.1 Å². The van der Waals surface area contributed by atoms with E-state index in [-0.39, 0.29) is 11.9 Å². The molecule has 0 aliphatic carbocycles. The third-order valence-electron chi connectivity index (χ3n) is 5.43. The Morgan fingerprint density at radius 1 is 1.24 bits per heavy atom. The number of nitrogens with zero attached hydrogens (tertiary/aromatic N) is 2. The highest BCUT2D eigenvalue weighted by atomic mass is 16.5. The van der Waals surface area contributed by atoms with Crippen molar-refractivity contribution in [2.24, 2.45) is 0 Å². The van der Waals surface area contributed by atoms with Gasteiger partial charge < -0.3 is 19.8 Å². The number of carbonyl (C=O) groups excluding carboxylic acids is 1. The van der Waals surface area contributed by atoms with E-state index >= 15 is 0 Å². The van der Waals surface area contributed by atoms with Gasteiger partial charge in [-0.25, -0.2) is 0 Å². The number of aromatic nitrogens is 2. The molecule has 1 fully saturated rings. The average molecular weight is 390 g/mol. The third-order valence-corrected chi connectivity index (χ3v) is 5.43. The molecule has 2 aromatic carbocycles. The first kappa shape index (κ1) is 17.8. The van der Waals surface area contributed by atoms with Crippen molar-refractivity contribution in [1.82, 2.24) is 15.1 Å². The number of para-hydroxylation sites is 1. The number of hydrogen-bond acceptors (Lipinski definition) is 5. The first-order chi connectivity index (χ1) is 14.2. The fraction of sp³-hybridized carbons (Fsp3) is 0.273. The largest absolute Gasteiger partial charge is 0.495 e. The van der Waals surface area contributed by atoms with E-state index in [9.17, 15) is 4.79 Å². The molecule has 1 atom stereocenters. The molecular formula is C22H22N4O3. The van der Waals surface area contributed by atoms with Gasteiger partial charge in [0.15, 0.2) is 5.69 Å². The van der Waals surface area contributed by atoms with Crippen LogP contribution in [0.2, 0.25) is 0 Å². The van der Waals surface area contributed by atoms with Gasteiger partial charge in [-0.1, -0.05) is 18.2 Å². The van der Waals surface area contributed by atoms with E-state index in [2.05, 4.69) is 15.7 Å². The number of carbonyl (C=O) groups is 1. The lowest BCUT2D eigenvalue weighted by molar-refractivity contribution is 0.102. The van der Waals surface area contributed by atoms with Crippen molar-refractivity contribution in [3.63, 3.8) is 0 Å². The standard InChI is InChI=1S/C22H22N4O3/c1-28-21-11-16-15-6-2-3-7-19(15)29-20(16)12-18(21)24-22(27)17-8-10-26(25-17)14-5-4-9-23-13-14/h2-3,6-8,10-12,14,23H,4-5,9,13H2,1H3,(H,24,27). The number of amides is 1. The second-order valence-corrected chi connectivity index (χ2v) is 7.28. The molecule has 1 aliphatic rings. The fourth-order valence-corrected chi connectivity index (χ4v) is 3.93. The lowest BCUT2D eigenvalue weighted by atomic mass is 10.1. The number of hydrogen-bond donors (Lipinski definition) is 2. The Labute approximate surface area is 167 Å². The molecular weight excluding hydrogens is 368 g/mol. The van der Waals surface area contributed by atoms with Crippen LogP contribution in [-0.4, -0.2) is 35.9 Å². The molecule has 29 heavy (non-hydrogen) atoms. The van der Waals surface area contributed by atoms with Crippen LogP contribution in [0.25, 0.3) is 21.9 Å². The second kappa shape index (κ2) is 7.25. The van der Waals surface area contributed by atoms with Gasteiger partial charge in [0.25, 0.3) is 5.91 Å². The second-order valence-electron chi connectivity index (χ2n) is 7.28. The molecule has 1 amide bonds. The van der Waals surface area contributed by atoms with Crippen molar-refractivity contribution in [2.75, 3.05) is 25.5 Å². The van der Waals surface area contributed by atoms with Crippen LogP contribution >= 0.6 is 0 Å². The topological polar surface area (TPSA) is 81.3 Å². The first-order valence-electron chi connectivity index (χ1n) is 9.79. The molecule has 1 aliphatic heterocycles. The van der Waals surface area contributed by atoms with Gasteiger partial charge in [-0.2, -0.15) is 5.10 Å². The summed E-state index contributed by atoms with van der Waals surface area (Å²) in [6, 6.07) is 13.6. The Hall–Kier alpha value is -3.32. The van der Waals surface area contributed by atoms with Gasteiger partial charge in [0.1, 0.15) is 16.9 Å². The Balaban J connectivity index is 1.44. The molecule has 1 saturated heterocycles. The van der Waals surface area contributed by atoms with Crippen LogP contribution in [-0.2, 0) is 0 Å². The fourth-order valence-electron chi connectivity index (χ4n) is 3.93. The van der Waals surface area contributed by atoms with Gasteiger partial charge in [-0.3, -0.25) is 9.48 Å². The van der Waals surface area contributed by atoms with Crippen LogP contribution in [0.3, 0.4) is 0 Å². The summed E-state index contributed by atoms with van der Waals surface area (Å²) in [4.78, 5) is 12.8. The molecule has 7 heteroatoms. The van der Waals surface area contributed by atoms with Gasteiger partial charge in [0.2, 0.25) is 0 Å². The molecule has 148 valence electrons. The minimum Gasteiger partial charge on any atom is -0.495 e. The summed E-state index contributed by atoms with van der Waals surface area (Å²) in [6.07, 6.45) is 4.04. The number of rotatable bonds is 4. The lowest BCUT2D eigenvalue weighted by Gasteiger charge is -2.22. The number of piperidine rings is 1. The van der Waals surface area contributed by atoms with E-state index in [1.807, 2.05) is 41.2 Å². The Morgan fingerprint density at radius 2 is 2.14 bits per heavy atom. The number of nitrogens with one attached hydrogen (secondary N) is 2. The summed E-state index contributed by atoms with van der Waals surface area (Å²) >= 11 is 0. The Kier molecular flexibility index (Phi) is 4.44. The van der Waals surface area contributed by atoms with Crippen molar-refractivity contribution < 1.29 is 13.9 Å². The van der Waals surface area contributed by atoms with E-state index in [1.54, 1.807) is 19.2 Å². The summed E-state index contributed by atoms with van der Waals surface area (Å²) in [5.74, 6) is 0.301. The number of furan rings is 1. The van der Waals surface area contributed by atoms with Crippen molar-refractivity contribution in [2.45, 2.75) is 18.9 Å². The van der Waals surface area contributed by atoms with Gasteiger partial charge in [-0.05, 0) is 37.6 Å². The molecule has 1 unspecified atom stereocenters. The van der Waals surface area contributed by atoms with Crippen molar-refractivity contribution in [3.8, 4) is 5.75 Å². The molecule has 0 radical (unpaired) electrons. The number of ether oxygens (including phenoxy) is 1. The third kappa shape index (κ3) is 3.23. The predicted octanol–water partition coefficient (Wildman–Crippen LogP) is 3.97. The van der Waals surface area contributed by atoms with Crippen molar-refractivity contribution in [1.29, 1.82) is 0 Å². The maximum Gasteiger partial charge on any atom is 0.276 e. The summed E-state index contributed by atoms with van der Waals surface area (Å²) in [5.41, 5.74) is 2.43. The maximum atomic E-state index is 12.8. The molecule has 7 nitrogen and oxygen atoms in total. The Bertz CT molecular complexity index is 1190. The van der Waals surface area contributed by atoms with Crippen molar-refractivity contribution in [3.05, 3.63) is 54.4 Å². The Morgan fingerprint density at radius 3 is 2.97 bits per heavy atom. The average Bonchev–Trinajstić information content (AvgIpc) is 3.39. The highest BCUT2D eigenvalue weighted by molar-refractivity contribution is 6.09. The van der Waals surface area contributed by atoms with E-state index < -0.39 is 0 Å². The monoisotopic (exact) mass is 390 g/mol. The molecule has 3 heterocycles. The van der Waals surface area contributed by atoms with E-state index in [0.29, 0.717) is 22.7 Å². The SMILES string of the molecule is COc1cc2c(cc1NC(=O)c1ccn(C3CCCNC3)n1)oc1ccccc12. The first-order valence-corrected chi connectivity index (χ1v) is 9.79. The van der Waals surface area contributed by atoms with Gasteiger partial charge >= 0.3 is 0 Å². The van der Waals surface area contributed by atoms with Crippen LogP contribution in [0, 0.1) is 0 Å². The normalized spacial score (nSPS) is 16.9. The van der Waals surface area contributed by atoms with Crippen LogP contribution in [0.4, 0.5) is 5.69 Å². The van der Waals surface area contributed by atoms with Gasteiger partial charge in [-0.15, -0.1) is 0 Å². The molecule has 2 N–H and O–H groups in total. The molecule has 4 aromatic rings. The lowest BCUT2D eigenvalue weighted by Crippen LogP contribution is -2.32. The zero-order valence-electron chi connectivity index (χ0n) is 16.1.